The molecule has 0 atom stereocenters. The van der Waals surface area contributed by atoms with E-state index in [1.165, 1.54) is 28.8 Å². The molecule has 1 fully saturated rings. The summed E-state index contributed by atoms with van der Waals surface area (Å²) in [5.74, 6) is -0.215. The van der Waals surface area contributed by atoms with Gasteiger partial charge >= 0.3 is 12.4 Å². The average molecular weight is 409 g/mol. The number of hydrogen-bond donors (Lipinski definition) is 2. The number of urea groups is 1. The smallest absolute Gasteiger partial charge is 0.405 e. The average Bonchev–Trinajstić information content (AvgIpc) is 2.57. The van der Waals surface area contributed by atoms with Crippen molar-refractivity contribution in [3.63, 3.8) is 0 Å². The van der Waals surface area contributed by atoms with Crippen molar-refractivity contribution in [2.75, 3.05) is 25.9 Å². The molecule has 1 aromatic rings. The van der Waals surface area contributed by atoms with Gasteiger partial charge in [-0.05, 0) is 24.8 Å². The topological polar surface area (TPSA) is 87.7 Å². The molecule has 2 amide bonds. The van der Waals surface area contributed by atoms with Crippen molar-refractivity contribution < 1.29 is 31.1 Å². The fraction of sp³-hybridized carbons (Fsp3) is 0.562. The number of rotatable bonds is 6. The first kappa shape index (κ1) is 21.3. The molecule has 1 aliphatic heterocycles. The van der Waals surface area contributed by atoms with Crippen LogP contribution in [-0.2, 0) is 16.6 Å². The van der Waals surface area contributed by atoms with Gasteiger partial charge in [0.2, 0.25) is 10.0 Å². The number of para-hydroxylation sites is 1. The quantitative estimate of drug-likeness (QED) is 0.753. The molecule has 0 bridgehead atoms. The highest BCUT2D eigenvalue weighted by Gasteiger charge is 2.32. The van der Waals surface area contributed by atoms with Gasteiger partial charge in [-0.2, -0.15) is 0 Å². The number of nitrogens with one attached hydrogen (secondary N) is 2. The summed E-state index contributed by atoms with van der Waals surface area (Å²) in [5, 5.41) is 5.16. The zero-order valence-corrected chi connectivity index (χ0v) is 15.6. The Balaban J connectivity index is 1.76. The molecule has 7 nitrogen and oxygen atoms in total. The third-order valence-electron chi connectivity index (χ3n) is 4.23. The lowest BCUT2D eigenvalue weighted by Crippen LogP contribution is -2.43. The summed E-state index contributed by atoms with van der Waals surface area (Å²) >= 11 is 0. The van der Waals surface area contributed by atoms with E-state index in [1.807, 2.05) is 0 Å². The first-order valence-corrected chi connectivity index (χ1v) is 10.2. The molecule has 152 valence electrons. The Morgan fingerprint density at radius 1 is 1.22 bits per heavy atom. The molecule has 0 spiro atoms. The lowest BCUT2D eigenvalue weighted by atomic mass is 9.98. The maximum absolute atomic E-state index is 12.4. The number of benzene rings is 1. The van der Waals surface area contributed by atoms with Crippen LogP contribution in [0.15, 0.2) is 24.3 Å². The maximum atomic E-state index is 12.4. The molecular weight excluding hydrogens is 387 g/mol. The van der Waals surface area contributed by atoms with Gasteiger partial charge in [0.1, 0.15) is 5.75 Å². The lowest BCUT2D eigenvalue weighted by Gasteiger charge is -2.30. The molecule has 1 heterocycles. The molecule has 11 heteroatoms. The monoisotopic (exact) mass is 409 g/mol. The van der Waals surface area contributed by atoms with Crippen LogP contribution in [0.2, 0.25) is 0 Å². The summed E-state index contributed by atoms with van der Waals surface area (Å²) in [6.45, 7) is 1.07. The predicted octanol–water partition coefficient (Wildman–Crippen LogP) is 2.06. The van der Waals surface area contributed by atoms with Crippen LogP contribution in [0.3, 0.4) is 0 Å². The number of carbonyl (C=O) groups is 1. The van der Waals surface area contributed by atoms with Crippen molar-refractivity contribution in [1.82, 2.24) is 14.9 Å². The summed E-state index contributed by atoms with van der Waals surface area (Å²) < 4.78 is 65.4. The van der Waals surface area contributed by atoms with Gasteiger partial charge in [-0.25, -0.2) is 17.5 Å². The van der Waals surface area contributed by atoms with Gasteiger partial charge in [0.05, 0.1) is 6.26 Å². The molecule has 0 aromatic heterocycles. The molecular formula is C16H22F3N3O4S. The van der Waals surface area contributed by atoms with Gasteiger partial charge in [-0.15, -0.1) is 13.2 Å². The first-order chi connectivity index (χ1) is 12.5. The maximum Gasteiger partial charge on any atom is 0.573 e. The van der Waals surface area contributed by atoms with Crippen LogP contribution in [0.1, 0.15) is 18.4 Å². The zero-order chi connectivity index (χ0) is 20.1. The molecule has 2 N–H and O–H groups in total. The van der Waals surface area contributed by atoms with E-state index in [-0.39, 0.29) is 23.8 Å². The standard InChI is InChI=1S/C16H22F3N3O4S/c1-27(24,25)22-8-6-12(7-9-22)10-20-15(23)21-11-13-4-2-3-5-14(13)26-16(17,18)19/h2-5,12H,6-11H2,1H3,(H2,20,21,23). The Bertz CT molecular complexity index is 748. The lowest BCUT2D eigenvalue weighted by molar-refractivity contribution is -0.274. The highest BCUT2D eigenvalue weighted by molar-refractivity contribution is 7.88. The Kier molecular flexibility index (Phi) is 6.93. The number of amides is 2. The van der Waals surface area contributed by atoms with E-state index in [0.29, 0.717) is 32.5 Å². The number of piperidine rings is 1. The Morgan fingerprint density at radius 3 is 2.44 bits per heavy atom. The van der Waals surface area contributed by atoms with Crippen molar-refractivity contribution in [1.29, 1.82) is 0 Å². The number of sulfonamides is 1. The molecule has 0 saturated carbocycles. The molecule has 0 aliphatic carbocycles. The van der Waals surface area contributed by atoms with E-state index in [9.17, 15) is 26.4 Å². The van der Waals surface area contributed by atoms with Crippen LogP contribution in [0, 0.1) is 5.92 Å². The van der Waals surface area contributed by atoms with Gasteiger partial charge in [-0.1, -0.05) is 18.2 Å². The summed E-state index contributed by atoms with van der Waals surface area (Å²) in [7, 11) is -3.20. The molecule has 2 rings (SSSR count). The van der Waals surface area contributed by atoms with Crippen molar-refractivity contribution in [2.24, 2.45) is 5.92 Å². The highest BCUT2D eigenvalue weighted by Crippen LogP contribution is 2.26. The SMILES string of the molecule is CS(=O)(=O)N1CCC(CNC(=O)NCc2ccccc2OC(F)(F)F)CC1. The van der Waals surface area contributed by atoms with E-state index in [2.05, 4.69) is 15.4 Å². The summed E-state index contributed by atoms with van der Waals surface area (Å²) in [4.78, 5) is 11.9. The number of halogens is 3. The van der Waals surface area contributed by atoms with E-state index in [0.717, 1.165) is 0 Å². The Morgan fingerprint density at radius 2 is 1.85 bits per heavy atom. The summed E-state index contributed by atoms with van der Waals surface area (Å²) in [5.41, 5.74) is 0.200. The first-order valence-electron chi connectivity index (χ1n) is 8.35. The van der Waals surface area contributed by atoms with E-state index < -0.39 is 22.4 Å². The highest BCUT2D eigenvalue weighted by atomic mass is 32.2. The van der Waals surface area contributed by atoms with Crippen LogP contribution in [0.4, 0.5) is 18.0 Å². The fourth-order valence-corrected chi connectivity index (χ4v) is 3.67. The van der Waals surface area contributed by atoms with Crippen molar-refractivity contribution in [3.8, 4) is 5.75 Å². The Hall–Kier alpha value is -2.01. The van der Waals surface area contributed by atoms with Crippen LogP contribution in [0.25, 0.3) is 0 Å². The Labute approximate surface area is 155 Å². The van der Waals surface area contributed by atoms with E-state index in [4.69, 9.17) is 0 Å². The van der Waals surface area contributed by atoms with Crippen molar-refractivity contribution in [3.05, 3.63) is 29.8 Å². The third kappa shape index (κ3) is 7.25. The fourth-order valence-electron chi connectivity index (χ4n) is 2.79. The molecule has 27 heavy (non-hydrogen) atoms. The summed E-state index contributed by atoms with van der Waals surface area (Å²) in [6, 6.07) is 5.06. The molecule has 0 radical (unpaired) electrons. The van der Waals surface area contributed by atoms with E-state index in [1.54, 1.807) is 6.07 Å². The molecule has 1 aliphatic rings. The van der Waals surface area contributed by atoms with E-state index >= 15 is 0 Å². The number of alkyl halides is 3. The number of nitrogens with zero attached hydrogens (tertiary/aromatic N) is 1. The number of ether oxygens (including phenoxy) is 1. The normalized spacial score (nSPS) is 16.7. The van der Waals surface area contributed by atoms with Crippen LogP contribution >= 0.6 is 0 Å². The van der Waals surface area contributed by atoms with Crippen LogP contribution < -0.4 is 15.4 Å². The van der Waals surface area contributed by atoms with Crippen LogP contribution in [-0.4, -0.2) is 51.0 Å². The largest absolute Gasteiger partial charge is 0.573 e. The minimum atomic E-state index is -4.81. The second kappa shape index (κ2) is 8.79. The van der Waals surface area contributed by atoms with Gasteiger partial charge in [-0.3, -0.25) is 0 Å². The summed E-state index contributed by atoms with van der Waals surface area (Å²) in [6.07, 6.45) is -2.37. The molecule has 0 unspecified atom stereocenters. The molecule has 1 saturated heterocycles. The number of hydrogen-bond acceptors (Lipinski definition) is 4. The minimum Gasteiger partial charge on any atom is -0.405 e. The minimum absolute atomic E-state index is 0.120. The van der Waals surface area contributed by atoms with Crippen LogP contribution in [0.5, 0.6) is 5.75 Å². The van der Waals surface area contributed by atoms with Gasteiger partial charge in [0.25, 0.3) is 0 Å². The molecule has 1 aromatic carbocycles. The second-order valence-electron chi connectivity index (χ2n) is 6.32. The predicted molar refractivity (Wildman–Crippen MR) is 92.5 cm³/mol. The van der Waals surface area contributed by atoms with Crippen molar-refractivity contribution in [2.45, 2.75) is 25.7 Å². The van der Waals surface area contributed by atoms with Gasteiger partial charge in [0.15, 0.2) is 0 Å². The van der Waals surface area contributed by atoms with Gasteiger partial charge < -0.3 is 15.4 Å². The number of carbonyl (C=O) groups excluding carboxylic acids is 1. The zero-order valence-electron chi connectivity index (χ0n) is 14.8. The van der Waals surface area contributed by atoms with Gasteiger partial charge in [0, 0.05) is 31.7 Å². The second-order valence-corrected chi connectivity index (χ2v) is 8.31. The third-order valence-corrected chi connectivity index (χ3v) is 5.53. The van der Waals surface area contributed by atoms with Crippen molar-refractivity contribution >= 4 is 16.1 Å².